The van der Waals surface area contributed by atoms with E-state index in [9.17, 15) is 17.6 Å². The minimum Gasteiger partial charge on any atom is -0.421 e. The van der Waals surface area contributed by atoms with Crippen LogP contribution >= 0.6 is 11.6 Å². The van der Waals surface area contributed by atoms with Gasteiger partial charge in [-0.3, -0.25) is 0 Å². The highest BCUT2D eigenvalue weighted by molar-refractivity contribution is 6.28. The van der Waals surface area contributed by atoms with Gasteiger partial charge in [-0.05, 0) is 12.1 Å². The molecular formula is C10H7ClF4N2O2. The van der Waals surface area contributed by atoms with E-state index in [2.05, 4.69) is 14.5 Å². The number of benzene rings is 1. The number of halogens is 5. The molecule has 104 valence electrons. The normalized spacial score (nSPS) is 20.2. The SMILES string of the molecule is NC(CCl)=Nc1ccc2c(c1)OC(F)(F)C(F)(F)O2. The fourth-order valence-electron chi connectivity index (χ4n) is 1.32. The monoisotopic (exact) mass is 298 g/mol. The molecule has 1 aliphatic rings. The van der Waals surface area contributed by atoms with Crippen LogP contribution in [0.15, 0.2) is 23.2 Å². The summed E-state index contributed by atoms with van der Waals surface area (Å²) in [4.78, 5) is 3.76. The Morgan fingerprint density at radius 2 is 1.74 bits per heavy atom. The van der Waals surface area contributed by atoms with Crippen molar-refractivity contribution < 1.29 is 27.0 Å². The first-order valence-electron chi connectivity index (χ1n) is 4.92. The molecule has 19 heavy (non-hydrogen) atoms. The smallest absolute Gasteiger partial charge is 0.421 e. The maximum atomic E-state index is 12.9. The number of nitrogens with two attached hydrogens (primary N) is 1. The van der Waals surface area contributed by atoms with Crippen molar-refractivity contribution in [2.24, 2.45) is 10.7 Å². The molecule has 0 aromatic heterocycles. The first kappa shape index (κ1) is 13.7. The predicted molar refractivity (Wildman–Crippen MR) is 59.6 cm³/mol. The Hall–Kier alpha value is -1.70. The van der Waals surface area contributed by atoms with E-state index in [1.54, 1.807) is 0 Å². The van der Waals surface area contributed by atoms with Crippen molar-refractivity contribution >= 4 is 23.1 Å². The van der Waals surface area contributed by atoms with Crippen LogP contribution in [0.1, 0.15) is 0 Å². The predicted octanol–water partition coefficient (Wildman–Crippen LogP) is 2.87. The molecule has 0 radical (unpaired) electrons. The van der Waals surface area contributed by atoms with Gasteiger partial charge in [-0.2, -0.15) is 17.6 Å². The van der Waals surface area contributed by atoms with Gasteiger partial charge in [0.15, 0.2) is 11.5 Å². The summed E-state index contributed by atoms with van der Waals surface area (Å²) in [6, 6.07) is 3.28. The van der Waals surface area contributed by atoms with E-state index >= 15 is 0 Å². The quantitative estimate of drug-likeness (QED) is 0.395. The standard InChI is InChI=1S/C10H7ClF4N2O2/c11-4-8(16)17-5-1-2-6-7(3-5)19-10(14,15)9(12,13)18-6/h1-3H,4H2,(H2,16,17). The van der Waals surface area contributed by atoms with Gasteiger partial charge in [0.2, 0.25) is 0 Å². The van der Waals surface area contributed by atoms with Gasteiger partial charge in [0.05, 0.1) is 11.6 Å². The average molecular weight is 299 g/mol. The Balaban J connectivity index is 2.38. The molecule has 1 heterocycles. The highest BCUT2D eigenvalue weighted by atomic mass is 35.5. The second-order valence-electron chi connectivity index (χ2n) is 3.61. The first-order valence-corrected chi connectivity index (χ1v) is 5.45. The zero-order chi connectivity index (χ0) is 14.3. The van der Waals surface area contributed by atoms with E-state index in [0.29, 0.717) is 0 Å². The topological polar surface area (TPSA) is 56.8 Å². The Bertz CT molecular complexity index is 536. The Labute approximate surface area is 109 Å². The number of rotatable bonds is 2. The van der Waals surface area contributed by atoms with Crippen molar-refractivity contribution in [1.82, 2.24) is 0 Å². The Kier molecular flexibility index (Phi) is 3.21. The summed E-state index contributed by atoms with van der Waals surface area (Å²) >= 11 is 5.40. The van der Waals surface area contributed by atoms with E-state index in [-0.39, 0.29) is 17.4 Å². The fraction of sp³-hybridized carbons (Fsp3) is 0.300. The number of fused-ring (bicyclic) bond motifs is 1. The van der Waals surface area contributed by atoms with E-state index in [1.165, 1.54) is 6.07 Å². The van der Waals surface area contributed by atoms with Gasteiger partial charge < -0.3 is 15.2 Å². The molecule has 0 saturated carbocycles. The number of aliphatic imine (C=N–C) groups is 1. The molecule has 1 aliphatic heterocycles. The molecule has 1 aromatic carbocycles. The van der Waals surface area contributed by atoms with E-state index in [0.717, 1.165) is 12.1 Å². The van der Waals surface area contributed by atoms with E-state index < -0.39 is 23.7 Å². The zero-order valence-corrected chi connectivity index (χ0v) is 9.93. The van der Waals surface area contributed by atoms with Crippen LogP contribution in [0.4, 0.5) is 23.2 Å². The average Bonchev–Trinajstić information content (AvgIpc) is 2.30. The lowest BCUT2D eigenvalue weighted by Gasteiger charge is -2.31. The van der Waals surface area contributed by atoms with Crippen LogP contribution in [-0.2, 0) is 0 Å². The van der Waals surface area contributed by atoms with Gasteiger partial charge in [-0.25, -0.2) is 4.99 Å². The molecule has 0 atom stereocenters. The largest absolute Gasteiger partial charge is 0.507 e. The van der Waals surface area contributed by atoms with Crippen molar-refractivity contribution in [3.63, 3.8) is 0 Å². The van der Waals surface area contributed by atoms with Gasteiger partial charge in [-0.1, -0.05) is 0 Å². The number of amidine groups is 1. The maximum absolute atomic E-state index is 12.9. The third kappa shape index (κ3) is 2.53. The number of alkyl halides is 5. The van der Waals surface area contributed by atoms with Crippen molar-refractivity contribution in [1.29, 1.82) is 0 Å². The highest BCUT2D eigenvalue weighted by Gasteiger charge is 2.65. The fourth-order valence-corrected chi connectivity index (χ4v) is 1.38. The lowest BCUT2D eigenvalue weighted by molar-refractivity contribution is -0.391. The molecule has 0 saturated heterocycles. The highest BCUT2D eigenvalue weighted by Crippen LogP contribution is 2.47. The van der Waals surface area contributed by atoms with Crippen LogP contribution in [-0.4, -0.2) is 23.9 Å². The van der Waals surface area contributed by atoms with E-state index in [1.807, 2.05) is 0 Å². The summed E-state index contributed by atoms with van der Waals surface area (Å²) in [5.74, 6) is -1.10. The van der Waals surface area contributed by atoms with Crippen LogP contribution in [0.5, 0.6) is 11.5 Å². The molecule has 2 N–H and O–H groups in total. The summed E-state index contributed by atoms with van der Waals surface area (Å²) < 4.78 is 59.5. The molecule has 0 fully saturated rings. The lowest BCUT2D eigenvalue weighted by Crippen LogP contribution is -2.52. The summed E-state index contributed by atoms with van der Waals surface area (Å²) in [5.41, 5.74) is 5.48. The van der Waals surface area contributed by atoms with Gasteiger partial charge in [-0.15, -0.1) is 11.6 Å². The minimum absolute atomic E-state index is 0.0374. The van der Waals surface area contributed by atoms with Crippen molar-refractivity contribution in [2.45, 2.75) is 12.2 Å². The summed E-state index contributed by atoms with van der Waals surface area (Å²) in [6.07, 6.45) is -9.50. The van der Waals surface area contributed by atoms with Crippen LogP contribution in [0, 0.1) is 0 Å². The van der Waals surface area contributed by atoms with Gasteiger partial charge in [0.1, 0.15) is 5.84 Å². The zero-order valence-electron chi connectivity index (χ0n) is 9.17. The molecule has 0 unspecified atom stereocenters. The third-order valence-corrected chi connectivity index (χ3v) is 2.43. The maximum Gasteiger partial charge on any atom is 0.507 e. The number of nitrogens with zero attached hydrogens (tertiary/aromatic N) is 1. The molecule has 1 aromatic rings. The summed E-state index contributed by atoms with van der Waals surface area (Å²) in [6.45, 7) is 0. The molecule has 0 amide bonds. The number of ether oxygens (including phenoxy) is 2. The summed E-state index contributed by atoms with van der Waals surface area (Å²) in [5, 5.41) is 0. The van der Waals surface area contributed by atoms with Crippen molar-refractivity contribution in [3.05, 3.63) is 18.2 Å². The molecule has 4 nitrogen and oxygen atoms in total. The Morgan fingerprint density at radius 3 is 2.32 bits per heavy atom. The first-order chi connectivity index (χ1) is 8.75. The third-order valence-electron chi connectivity index (χ3n) is 2.15. The van der Waals surface area contributed by atoms with Crippen molar-refractivity contribution in [3.8, 4) is 11.5 Å². The summed E-state index contributed by atoms with van der Waals surface area (Å²) in [7, 11) is 0. The molecule has 2 rings (SSSR count). The minimum atomic E-state index is -4.76. The van der Waals surface area contributed by atoms with Crippen LogP contribution in [0.25, 0.3) is 0 Å². The lowest BCUT2D eigenvalue weighted by atomic mass is 10.2. The second kappa shape index (κ2) is 4.44. The van der Waals surface area contributed by atoms with Gasteiger partial charge in [0, 0.05) is 6.07 Å². The molecular weight excluding hydrogens is 292 g/mol. The van der Waals surface area contributed by atoms with Crippen LogP contribution < -0.4 is 15.2 Å². The van der Waals surface area contributed by atoms with Crippen molar-refractivity contribution in [2.75, 3.05) is 5.88 Å². The Morgan fingerprint density at radius 1 is 1.16 bits per heavy atom. The number of hydrogen-bond donors (Lipinski definition) is 1. The van der Waals surface area contributed by atoms with Gasteiger partial charge >= 0.3 is 12.2 Å². The molecule has 0 aliphatic carbocycles. The van der Waals surface area contributed by atoms with Crippen LogP contribution in [0.2, 0.25) is 0 Å². The second-order valence-corrected chi connectivity index (χ2v) is 3.87. The van der Waals surface area contributed by atoms with E-state index in [4.69, 9.17) is 17.3 Å². The van der Waals surface area contributed by atoms with Crippen LogP contribution in [0.3, 0.4) is 0 Å². The van der Waals surface area contributed by atoms with Gasteiger partial charge in [0.25, 0.3) is 0 Å². The molecule has 9 heteroatoms. The molecule has 0 bridgehead atoms. The number of hydrogen-bond acceptors (Lipinski definition) is 3. The molecule has 0 spiro atoms.